The molecule has 0 aromatic heterocycles. The van der Waals surface area contributed by atoms with Crippen LogP contribution in [0.5, 0.6) is 0 Å². The molecule has 2 N–H and O–H groups in total. The first-order valence-corrected chi connectivity index (χ1v) is 9.57. The Kier molecular flexibility index (Phi) is 6.81. The number of nitrogens with one attached hydrogen (secondary N) is 2. The predicted octanol–water partition coefficient (Wildman–Crippen LogP) is 1.91. The second kappa shape index (κ2) is 8.89. The fourth-order valence-electron chi connectivity index (χ4n) is 2.34. The van der Waals surface area contributed by atoms with E-state index in [0.29, 0.717) is 6.07 Å². The van der Waals surface area contributed by atoms with Crippen molar-refractivity contribution in [2.75, 3.05) is 13.7 Å². The summed E-state index contributed by atoms with van der Waals surface area (Å²) >= 11 is 0. The lowest BCUT2D eigenvalue weighted by Gasteiger charge is -2.15. The number of hydrogen-bond acceptors (Lipinski definition) is 5. The molecule has 150 valence electrons. The summed E-state index contributed by atoms with van der Waals surface area (Å²) in [7, 11) is -2.51. The van der Waals surface area contributed by atoms with Gasteiger partial charge in [-0.3, -0.25) is 4.79 Å². The fraction of sp³-hybridized carbons (Fsp3) is 0.222. The number of carbonyl (C=O) groups excluding carboxylic acids is 2. The predicted molar refractivity (Wildman–Crippen MR) is 95.9 cm³/mol. The summed E-state index contributed by atoms with van der Waals surface area (Å²) in [5.74, 6) is -3.16. The highest BCUT2D eigenvalue weighted by molar-refractivity contribution is 7.89. The highest BCUT2D eigenvalue weighted by atomic mass is 32.2. The zero-order valence-electron chi connectivity index (χ0n) is 15.0. The van der Waals surface area contributed by atoms with Crippen LogP contribution in [0, 0.1) is 11.6 Å². The van der Waals surface area contributed by atoms with Gasteiger partial charge in [-0.2, -0.15) is 0 Å². The molecular formula is C18H18F2N2O5S. The molecule has 0 saturated carbocycles. The molecule has 0 radical (unpaired) electrons. The minimum atomic E-state index is -3.74. The summed E-state index contributed by atoms with van der Waals surface area (Å²) in [6.45, 7) is 0.830. The largest absolute Gasteiger partial charge is 0.452 e. The number of ether oxygens (including phenoxy) is 1. The van der Waals surface area contributed by atoms with E-state index < -0.39 is 46.2 Å². The monoisotopic (exact) mass is 412 g/mol. The highest BCUT2D eigenvalue weighted by Gasteiger charge is 2.18. The Morgan fingerprint density at radius 1 is 1.14 bits per heavy atom. The first-order valence-electron chi connectivity index (χ1n) is 8.09. The Morgan fingerprint density at radius 2 is 1.86 bits per heavy atom. The van der Waals surface area contributed by atoms with Crippen molar-refractivity contribution in [1.82, 2.24) is 10.0 Å². The van der Waals surface area contributed by atoms with Gasteiger partial charge in [-0.15, -0.1) is 0 Å². The van der Waals surface area contributed by atoms with Crippen LogP contribution >= 0.6 is 0 Å². The van der Waals surface area contributed by atoms with Crippen molar-refractivity contribution >= 4 is 21.9 Å². The van der Waals surface area contributed by atoms with Gasteiger partial charge >= 0.3 is 5.97 Å². The Bertz CT molecular complexity index is 995. The lowest BCUT2D eigenvalue weighted by molar-refractivity contribution is -0.124. The standard InChI is InChI=1S/C18H18F2N2O5S/c1-11(15-7-6-13(19)9-16(15)20)22-17(23)10-27-18(24)12-4-3-5-14(8-12)28(25,26)21-2/h3-9,11,21H,10H2,1-2H3,(H,22,23)/t11-/m0/s1. The van der Waals surface area contributed by atoms with E-state index in [1.165, 1.54) is 38.2 Å². The van der Waals surface area contributed by atoms with Crippen LogP contribution in [-0.2, 0) is 19.6 Å². The molecule has 28 heavy (non-hydrogen) atoms. The second-order valence-corrected chi connectivity index (χ2v) is 7.65. The number of amides is 1. The van der Waals surface area contributed by atoms with Gasteiger partial charge in [0.2, 0.25) is 10.0 Å². The van der Waals surface area contributed by atoms with Gasteiger partial charge in [0.25, 0.3) is 5.91 Å². The molecule has 0 heterocycles. The van der Waals surface area contributed by atoms with Crippen molar-refractivity contribution in [2.45, 2.75) is 17.9 Å². The van der Waals surface area contributed by atoms with E-state index in [0.717, 1.165) is 12.1 Å². The average molecular weight is 412 g/mol. The highest BCUT2D eigenvalue weighted by Crippen LogP contribution is 2.17. The molecule has 0 aliphatic heterocycles. The minimum absolute atomic E-state index is 0.0539. The first-order chi connectivity index (χ1) is 13.1. The molecular weight excluding hydrogens is 394 g/mol. The molecule has 0 fully saturated rings. The fourth-order valence-corrected chi connectivity index (χ4v) is 3.11. The van der Waals surface area contributed by atoms with E-state index in [4.69, 9.17) is 4.74 Å². The van der Waals surface area contributed by atoms with Crippen molar-refractivity contribution in [2.24, 2.45) is 0 Å². The Morgan fingerprint density at radius 3 is 2.50 bits per heavy atom. The number of carbonyl (C=O) groups is 2. The molecule has 0 saturated heterocycles. The van der Waals surface area contributed by atoms with Crippen LogP contribution in [0.4, 0.5) is 8.78 Å². The van der Waals surface area contributed by atoms with E-state index in [9.17, 15) is 26.8 Å². The molecule has 0 aliphatic rings. The molecule has 0 spiro atoms. The maximum atomic E-state index is 13.7. The Labute approximate surface area is 160 Å². The van der Waals surface area contributed by atoms with E-state index in [1.54, 1.807) is 0 Å². The minimum Gasteiger partial charge on any atom is -0.452 e. The molecule has 0 bridgehead atoms. The number of halogens is 2. The SMILES string of the molecule is CNS(=O)(=O)c1cccc(C(=O)OCC(=O)N[C@@H](C)c2ccc(F)cc2F)c1. The zero-order chi connectivity index (χ0) is 20.9. The smallest absolute Gasteiger partial charge is 0.338 e. The third-order valence-electron chi connectivity index (χ3n) is 3.79. The molecule has 0 aliphatic carbocycles. The molecule has 2 aromatic carbocycles. The normalized spacial score (nSPS) is 12.3. The van der Waals surface area contributed by atoms with E-state index in [2.05, 4.69) is 10.0 Å². The third-order valence-corrected chi connectivity index (χ3v) is 5.20. The summed E-state index contributed by atoms with van der Waals surface area (Å²) in [5, 5.41) is 2.42. The van der Waals surface area contributed by atoms with Gasteiger partial charge in [0, 0.05) is 11.6 Å². The van der Waals surface area contributed by atoms with Crippen LogP contribution in [0.15, 0.2) is 47.4 Å². The molecule has 7 nitrogen and oxygen atoms in total. The number of hydrogen-bond donors (Lipinski definition) is 2. The van der Waals surface area contributed by atoms with Crippen molar-refractivity contribution < 1.29 is 31.5 Å². The second-order valence-electron chi connectivity index (χ2n) is 5.77. The van der Waals surface area contributed by atoms with Crippen LogP contribution in [-0.4, -0.2) is 33.9 Å². The van der Waals surface area contributed by atoms with Gasteiger partial charge in [0.15, 0.2) is 6.61 Å². The van der Waals surface area contributed by atoms with E-state index >= 15 is 0 Å². The topological polar surface area (TPSA) is 102 Å². The zero-order valence-corrected chi connectivity index (χ0v) is 15.8. The number of esters is 1. The van der Waals surface area contributed by atoms with E-state index in [1.807, 2.05) is 0 Å². The number of sulfonamides is 1. The Hall–Kier alpha value is -2.85. The third kappa shape index (κ3) is 5.33. The van der Waals surface area contributed by atoms with Crippen LogP contribution in [0.2, 0.25) is 0 Å². The summed E-state index contributed by atoms with van der Waals surface area (Å²) in [5.41, 5.74) is 0.0211. The maximum absolute atomic E-state index is 13.7. The van der Waals surface area contributed by atoms with Crippen molar-refractivity contribution in [3.05, 3.63) is 65.2 Å². The summed E-state index contributed by atoms with van der Waals surface area (Å²) in [6.07, 6.45) is 0. The van der Waals surface area contributed by atoms with Gasteiger partial charge in [-0.25, -0.2) is 26.7 Å². The average Bonchev–Trinajstić information content (AvgIpc) is 2.66. The van der Waals surface area contributed by atoms with Crippen molar-refractivity contribution in [1.29, 1.82) is 0 Å². The molecule has 0 unspecified atom stereocenters. The number of rotatable bonds is 7. The van der Waals surface area contributed by atoms with Gasteiger partial charge in [0.05, 0.1) is 16.5 Å². The van der Waals surface area contributed by atoms with Crippen LogP contribution in [0.1, 0.15) is 28.9 Å². The molecule has 2 aromatic rings. The van der Waals surface area contributed by atoms with Gasteiger partial charge in [-0.05, 0) is 38.2 Å². The molecule has 1 amide bonds. The molecule has 1 atom stereocenters. The number of benzene rings is 2. The van der Waals surface area contributed by atoms with E-state index in [-0.39, 0.29) is 16.0 Å². The maximum Gasteiger partial charge on any atom is 0.338 e. The van der Waals surface area contributed by atoms with Crippen LogP contribution in [0.25, 0.3) is 0 Å². The lowest BCUT2D eigenvalue weighted by Crippen LogP contribution is -2.31. The summed E-state index contributed by atoms with van der Waals surface area (Å²) in [6, 6.07) is 7.30. The molecule has 2 rings (SSSR count). The molecule has 10 heteroatoms. The first kappa shape index (κ1) is 21.5. The van der Waals surface area contributed by atoms with Gasteiger partial charge < -0.3 is 10.1 Å². The van der Waals surface area contributed by atoms with Crippen molar-refractivity contribution in [3.63, 3.8) is 0 Å². The van der Waals surface area contributed by atoms with Crippen LogP contribution < -0.4 is 10.0 Å². The summed E-state index contributed by atoms with van der Waals surface area (Å²) in [4.78, 5) is 23.8. The quantitative estimate of drug-likeness (QED) is 0.677. The summed E-state index contributed by atoms with van der Waals surface area (Å²) < 4.78 is 57.2. The van der Waals surface area contributed by atoms with Crippen molar-refractivity contribution in [3.8, 4) is 0 Å². The van der Waals surface area contributed by atoms with Crippen LogP contribution in [0.3, 0.4) is 0 Å². The van der Waals surface area contributed by atoms with Gasteiger partial charge in [0.1, 0.15) is 11.6 Å². The Balaban J connectivity index is 1.97. The lowest BCUT2D eigenvalue weighted by atomic mass is 10.1. The van der Waals surface area contributed by atoms with Gasteiger partial charge in [-0.1, -0.05) is 12.1 Å².